The fourth-order valence-corrected chi connectivity index (χ4v) is 3.08. The van der Waals surface area contributed by atoms with Gasteiger partial charge in [0, 0.05) is 12.6 Å². The number of aromatic nitrogens is 2. The Morgan fingerprint density at radius 3 is 2.72 bits per heavy atom. The summed E-state index contributed by atoms with van der Waals surface area (Å²) in [5.41, 5.74) is 1.12. The first kappa shape index (κ1) is 17.3. The predicted octanol–water partition coefficient (Wildman–Crippen LogP) is 3.85. The van der Waals surface area contributed by atoms with Crippen LogP contribution in [0.15, 0.2) is 42.9 Å². The van der Waals surface area contributed by atoms with Gasteiger partial charge in [-0.15, -0.1) is 13.2 Å². The Morgan fingerprint density at radius 1 is 1.24 bits per heavy atom. The standard InChI is InChI=1S/C17H18F3N3O2/c18-17(19,20)25-15-11-22(12-21-15)16(24)23-9-5-4-8-14(23)10-13-6-2-1-3-7-13/h1-3,6-7,11-12,14H,4-5,8-10H2. The van der Waals surface area contributed by atoms with E-state index in [0.29, 0.717) is 13.0 Å². The predicted molar refractivity (Wildman–Crippen MR) is 84.2 cm³/mol. The van der Waals surface area contributed by atoms with E-state index >= 15 is 0 Å². The van der Waals surface area contributed by atoms with Gasteiger partial charge >= 0.3 is 12.4 Å². The SMILES string of the molecule is O=C(N1CCCCC1Cc1ccccc1)n1cnc(OC(F)(F)F)c1. The second-order valence-corrected chi connectivity index (χ2v) is 5.98. The number of hydrogen-bond donors (Lipinski definition) is 0. The number of carbonyl (C=O) groups excluding carboxylic acids is 1. The van der Waals surface area contributed by atoms with Crippen LogP contribution in [0.5, 0.6) is 5.88 Å². The van der Waals surface area contributed by atoms with Crippen molar-refractivity contribution in [3.05, 3.63) is 48.4 Å². The van der Waals surface area contributed by atoms with E-state index in [0.717, 1.165) is 41.9 Å². The highest BCUT2D eigenvalue weighted by Crippen LogP contribution is 2.24. The smallest absolute Gasteiger partial charge is 0.386 e. The fraction of sp³-hybridized carbons (Fsp3) is 0.412. The van der Waals surface area contributed by atoms with Crippen molar-refractivity contribution >= 4 is 6.03 Å². The third kappa shape index (κ3) is 4.52. The number of halogens is 3. The van der Waals surface area contributed by atoms with Crippen LogP contribution in [0.4, 0.5) is 18.0 Å². The summed E-state index contributed by atoms with van der Waals surface area (Å²) in [5.74, 6) is -0.641. The second-order valence-electron chi connectivity index (χ2n) is 5.98. The molecule has 1 aromatic carbocycles. The number of piperidine rings is 1. The van der Waals surface area contributed by atoms with Crippen LogP contribution < -0.4 is 4.74 Å². The lowest BCUT2D eigenvalue weighted by Crippen LogP contribution is -2.46. The average Bonchev–Trinajstić information content (AvgIpc) is 3.02. The third-order valence-corrected chi connectivity index (χ3v) is 4.19. The first-order chi connectivity index (χ1) is 11.9. The van der Waals surface area contributed by atoms with E-state index in [-0.39, 0.29) is 12.1 Å². The first-order valence-corrected chi connectivity index (χ1v) is 8.07. The minimum Gasteiger partial charge on any atom is -0.386 e. The maximum atomic E-state index is 12.7. The number of benzene rings is 1. The molecular weight excluding hydrogens is 335 g/mol. The van der Waals surface area contributed by atoms with Gasteiger partial charge in [-0.3, -0.25) is 4.57 Å². The van der Waals surface area contributed by atoms with Crippen molar-refractivity contribution in [1.82, 2.24) is 14.5 Å². The highest BCUT2D eigenvalue weighted by Gasteiger charge is 2.33. The van der Waals surface area contributed by atoms with Gasteiger partial charge < -0.3 is 9.64 Å². The first-order valence-electron chi connectivity index (χ1n) is 8.07. The van der Waals surface area contributed by atoms with Crippen molar-refractivity contribution in [2.45, 2.75) is 38.1 Å². The molecule has 8 heteroatoms. The largest absolute Gasteiger partial charge is 0.574 e. The number of hydrogen-bond acceptors (Lipinski definition) is 3. The van der Waals surface area contributed by atoms with Crippen LogP contribution in [0.2, 0.25) is 0 Å². The normalized spacial score (nSPS) is 18.2. The Morgan fingerprint density at radius 2 is 2.00 bits per heavy atom. The summed E-state index contributed by atoms with van der Waals surface area (Å²) in [5, 5.41) is 0. The fourth-order valence-electron chi connectivity index (χ4n) is 3.08. The molecule has 2 aromatic rings. The van der Waals surface area contributed by atoms with Crippen LogP contribution in [0, 0.1) is 0 Å². The zero-order valence-corrected chi connectivity index (χ0v) is 13.4. The minimum atomic E-state index is -4.83. The van der Waals surface area contributed by atoms with E-state index < -0.39 is 12.2 Å². The van der Waals surface area contributed by atoms with Crippen LogP contribution in [-0.2, 0) is 6.42 Å². The van der Waals surface area contributed by atoms with E-state index in [1.54, 1.807) is 4.90 Å². The molecule has 1 aliphatic rings. The summed E-state index contributed by atoms with van der Waals surface area (Å²) in [6.07, 6.45) is 0.657. The van der Waals surface area contributed by atoms with Gasteiger partial charge in [0.25, 0.3) is 0 Å². The average molecular weight is 353 g/mol. The molecule has 25 heavy (non-hydrogen) atoms. The maximum Gasteiger partial charge on any atom is 0.574 e. The molecule has 3 rings (SSSR count). The molecule has 134 valence electrons. The summed E-state index contributed by atoms with van der Waals surface area (Å²) in [7, 11) is 0. The van der Waals surface area contributed by atoms with E-state index in [9.17, 15) is 18.0 Å². The monoisotopic (exact) mass is 353 g/mol. The molecule has 1 amide bonds. The molecule has 2 heterocycles. The van der Waals surface area contributed by atoms with Gasteiger partial charge in [0.2, 0.25) is 5.88 Å². The van der Waals surface area contributed by atoms with Gasteiger partial charge in [-0.2, -0.15) is 0 Å². The Bertz CT molecular complexity index is 715. The van der Waals surface area contributed by atoms with Crippen molar-refractivity contribution in [2.24, 2.45) is 0 Å². The zero-order valence-electron chi connectivity index (χ0n) is 13.4. The molecule has 1 aliphatic heterocycles. The van der Waals surface area contributed by atoms with Gasteiger partial charge in [0.1, 0.15) is 6.33 Å². The van der Waals surface area contributed by atoms with E-state index in [1.165, 1.54) is 0 Å². The molecule has 1 unspecified atom stereocenters. The van der Waals surface area contributed by atoms with E-state index in [1.807, 2.05) is 30.3 Å². The van der Waals surface area contributed by atoms with Gasteiger partial charge in [0.15, 0.2) is 0 Å². The van der Waals surface area contributed by atoms with E-state index in [4.69, 9.17) is 0 Å². The Balaban J connectivity index is 1.72. The number of alkyl halides is 3. The third-order valence-electron chi connectivity index (χ3n) is 4.19. The van der Waals surface area contributed by atoms with Crippen LogP contribution in [0.25, 0.3) is 0 Å². The molecule has 0 bridgehead atoms. The molecule has 1 saturated heterocycles. The second kappa shape index (κ2) is 7.16. The molecule has 0 N–H and O–H groups in total. The van der Waals surface area contributed by atoms with Gasteiger partial charge in [-0.1, -0.05) is 30.3 Å². The van der Waals surface area contributed by atoms with Crippen LogP contribution in [-0.4, -0.2) is 39.4 Å². The van der Waals surface area contributed by atoms with Crippen molar-refractivity contribution in [3.63, 3.8) is 0 Å². The number of rotatable bonds is 3. The number of ether oxygens (including phenoxy) is 1. The summed E-state index contributed by atoms with van der Waals surface area (Å²) >= 11 is 0. The number of amides is 1. The van der Waals surface area contributed by atoms with Crippen molar-refractivity contribution in [3.8, 4) is 5.88 Å². The molecule has 0 spiro atoms. The van der Waals surface area contributed by atoms with Crippen LogP contribution in [0.1, 0.15) is 24.8 Å². The molecule has 5 nitrogen and oxygen atoms in total. The summed E-state index contributed by atoms with van der Waals surface area (Å²) < 4.78 is 41.5. The Kier molecular flexibility index (Phi) is 4.96. The highest BCUT2D eigenvalue weighted by molar-refractivity contribution is 5.77. The number of nitrogens with zero attached hydrogens (tertiary/aromatic N) is 3. The molecule has 0 aliphatic carbocycles. The van der Waals surface area contributed by atoms with Gasteiger partial charge in [0.05, 0.1) is 6.20 Å². The quantitative estimate of drug-likeness (QED) is 0.842. The molecular formula is C17H18F3N3O2. The molecule has 0 radical (unpaired) electrons. The molecule has 0 saturated carbocycles. The Hall–Kier alpha value is -2.51. The van der Waals surface area contributed by atoms with Crippen LogP contribution >= 0.6 is 0 Å². The van der Waals surface area contributed by atoms with Crippen molar-refractivity contribution in [1.29, 1.82) is 0 Å². The maximum absolute atomic E-state index is 12.7. The summed E-state index contributed by atoms with van der Waals surface area (Å²) in [4.78, 5) is 17.9. The zero-order chi connectivity index (χ0) is 17.9. The number of carbonyl (C=O) groups is 1. The topological polar surface area (TPSA) is 47.4 Å². The lowest BCUT2D eigenvalue weighted by atomic mass is 9.96. The Labute approximate surface area is 143 Å². The lowest BCUT2D eigenvalue weighted by molar-refractivity contribution is -0.276. The number of imidazole rings is 1. The summed E-state index contributed by atoms with van der Waals surface area (Å²) in [6.45, 7) is 0.573. The molecule has 1 atom stereocenters. The minimum absolute atomic E-state index is 0.0121. The number of likely N-dealkylation sites (tertiary alicyclic amines) is 1. The highest BCUT2D eigenvalue weighted by atomic mass is 19.4. The van der Waals surface area contributed by atoms with Crippen molar-refractivity contribution in [2.75, 3.05) is 6.54 Å². The van der Waals surface area contributed by atoms with Crippen molar-refractivity contribution < 1.29 is 22.7 Å². The summed E-state index contributed by atoms with van der Waals surface area (Å²) in [6, 6.07) is 9.46. The van der Waals surface area contributed by atoms with Gasteiger partial charge in [-0.05, 0) is 31.2 Å². The molecule has 1 aromatic heterocycles. The van der Waals surface area contributed by atoms with Gasteiger partial charge in [-0.25, -0.2) is 9.78 Å². The lowest BCUT2D eigenvalue weighted by Gasteiger charge is -2.35. The molecule has 1 fully saturated rings. The van der Waals surface area contributed by atoms with E-state index in [2.05, 4.69) is 9.72 Å². The van der Waals surface area contributed by atoms with Crippen LogP contribution in [0.3, 0.4) is 0 Å².